The van der Waals surface area contributed by atoms with Crippen molar-refractivity contribution in [2.24, 2.45) is 0 Å². The van der Waals surface area contributed by atoms with Gasteiger partial charge in [-0.2, -0.15) is 0 Å². The molecule has 0 fully saturated rings. The Balaban J connectivity index is 1.77. The molecule has 0 aliphatic carbocycles. The number of benzene rings is 1. The Bertz CT molecular complexity index is 563. The Labute approximate surface area is 119 Å². The Morgan fingerprint density at radius 3 is 3.00 bits per heavy atom. The van der Waals surface area contributed by atoms with Crippen LogP contribution >= 0.6 is 0 Å². The van der Waals surface area contributed by atoms with Crippen molar-refractivity contribution in [1.29, 1.82) is 0 Å². The van der Waals surface area contributed by atoms with E-state index in [2.05, 4.69) is 16.4 Å². The molecule has 0 unspecified atom stereocenters. The highest BCUT2D eigenvalue weighted by Crippen LogP contribution is 2.13. The Kier molecular flexibility index (Phi) is 5.15. The summed E-state index contributed by atoms with van der Waals surface area (Å²) >= 11 is 0. The van der Waals surface area contributed by atoms with E-state index >= 15 is 0 Å². The van der Waals surface area contributed by atoms with Gasteiger partial charge in [0.25, 0.3) is 5.91 Å². The molecule has 1 radical (unpaired) electrons. The maximum atomic E-state index is 11.8. The molecule has 1 aromatic carbocycles. The zero-order chi connectivity index (χ0) is 14.4. The van der Waals surface area contributed by atoms with E-state index < -0.39 is 0 Å². The molecular formula is C15H20N3O2. The zero-order valence-electron chi connectivity index (χ0n) is 11.9. The van der Waals surface area contributed by atoms with Gasteiger partial charge in [0, 0.05) is 23.2 Å². The predicted molar refractivity (Wildman–Crippen MR) is 78.0 cm³/mol. The van der Waals surface area contributed by atoms with E-state index in [-0.39, 0.29) is 12.5 Å². The number of hydrogen-bond donors (Lipinski definition) is 1. The third kappa shape index (κ3) is 4.08. The predicted octanol–water partition coefficient (Wildman–Crippen LogP) is 1.44. The number of nitrogens with zero attached hydrogens (tertiary/aromatic N) is 2. The maximum Gasteiger partial charge on any atom is 0.263 e. The van der Waals surface area contributed by atoms with Crippen LogP contribution in [0.3, 0.4) is 0 Å². The lowest BCUT2D eigenvalue weighted by Gasteiger charge is -2.10. The van der Waals surface area contributed by atoms with Crippen molar-refractivity contribution in [3.63, 3.8) is 0 Å². The number of fused-ring (bicyclic) bond motifs is 1. The summed E-state index contributed by atoms with van der Waals surface area (Å²) in [6, 6.07) is 11.0. The fraction of sp³-hybridized carbons (Fsp3) is 0.400. The van der Waals surface area contributed by atoms with Crippen molar-refractivity contribution >= 4 is 16.8 Å². The number of nitrogens with one attached hydrogen (secondary N) is 1. The second-order valence-corrected chi connectivity index (χ2v) is 4.95. The Hall–Kier alpha value is -1.85. The summed E-state index contributed by atoms with van der Waals surface area (Å²) in [6.07, 6.45) is 2.67. The lowest BCUT2D eigenvalue weighted by molar-refractivity contribution is -0.134. The van der Waals surface area contributed by atoms with Crippen molar-refractivity contribution in [3.05, 3.63) is 36.5 Å². The molecule has 1 N–H and O–H groups in total. The molecule has 1 heterocycles. The van der Waals surface area contributed by atoms with Crippen LogP contribution in [0.2, 0.25) is 0 Å². The molecule has 0 aliphatic rings. The number of amides is 1. The molecule has 5 nitrogen and oxygen atoms in total. The third-order valence-corrected chi connectivity index (χ3v) is 2.94. The third-order valence-electron chi connectivity index (χ3n) is 2.94. The monoisotopic (exact) mass is 274 g/mol. The van der Waals surface area contributed by atoms with Crippen LogP contribution in [0.5, 0.6) is 0 Å². The van der Waals surface area contributed by atoms with Crippen molar-refractivity contribution in [3.8, 4) is 0 Å². The van der Waals surface area contributed by atoms with Crippen LogP contribution in [-0.4, -0.2) is 42.6 Å². The fourth-order valence-electron chi connectivity index (χ4n) is 1.97. The lowest BCUT2D eigenvalue weighted by atomic mass is 10.2. The Morgan fingerprint density at radius 2 is 2.20 bits per heavy atom. The minimum Gasteiger partial charge on any atom is -0.337 e. The average Bonchev–Trinajstić information content (AvgIpc) is 2.81. The smallest absolute Gasteiger partial charge is 0.263 e. The molecule has 2 aromatic rings. The molecule has 107 valence electrons. The first-order valence-electron chi connectivity index (χ1n) is 6.68. The average molecular weight is 274 g/mol. The summed E-state index contributed by atoms with van der Waals surface area (Å²) in [5, 5.41) is 1.01. The number of carbonyl (C=O) groups is 1. The minimum absolute atomic E-state index is 0.162. The van der Waals surface area contributed by atoms with E-state index in [0.717, 1.165) is 23.9 Å². The van der Waals surface area contributed by atoms with Crippen LogP contribution in [0.15, 0.2) is 30.5 Å². The lowest BCUT2D eigenvalue weighted by Crippen LogP contribution is -2.28. The molecular weight excluding hydrogens is 254 g/mol. The first-order valence-corrected chi connectivity index (χ1v) is 6.68. The molecule has 0 atom stereocenters. The molecule has 0 saturated carbocycles. The van der Waals surface area contributed by atoms with Crippen LogP contribution in [0.4, 0.5) is 0 Å². The summed E-state index contributed by atoms with van der Waals surface area (Å²) < 4.78 is 1.86. The van der Waals surface area contributed by atoms with Crippen LogP contribution in [0, 0.1) is 6.07 Å². The molecule has 0 aliphatic heterocycles. The molecule has 20 heavy (non-hydrogen) atoms. The number of rotatable bonds is 7. The summed E-state index contributed by atoms with van der Waals surface area (Å²) in [4.78, 5) is 19.0. The Morgan fingerprint density at radius 1 is 1.40 bits per heavy atom. The number of para-hydroxylation sites is 1. The summed E-state index contributed by atoms with van der Waals surface area (Å²) in [5.41, 5.74) is 3.46. The van der Waals surface area contributed by atoms with Gasteiger partial charge in [0.1, 0.15) is 6.54 Å². The van der Waals surface area contributed by atoms with Crippen molar-refractivity contribution in [2.45, 2.75) is 13.0 Å². The van der Waals surface area contributed by atoms with Crippen molar-refractivity contribution < 1.29 is 9.63 Å². The number of hydrogen-bond acceptors (Lipinski definition) is 3. The maximum absolute atomic E-state index is 11.8. The summed E-state index contributed by atoms with van der Waals surface area (Å²) in [6.45, 7) is 1.69. The highest BCUT2D eigenvalue weighted by atomic mass is 16.6. The molecule has 2 rings (SSSR count). The van der Waals surface area contributed by atoms with Crippen molar-refractivity contribution in [2.75, 3.05) is 27.2 Å². The van der Waals surface area contributed by atoms with Gasteiger partial charge in [-0.1, -0.05) is 18.2 Å². The first kappa shape index (κ1) is 14.6. The molecule has 5 heteroatoms. The van der Waals surface area contributed by atoms with Gasteiger partial charge in [-0.3, -0.25) is 9.63 Å². The molecule has 1 aromatic heterocycles. The standard InChI is InChI=1S/C15H20N3O2/c1-17(2)9-5-11-20-16-15(19)12-18-10-8-13-6-3-4-7-14(13)18/h3-4,6-7,10H,5,9,11-12H2,1-2H3,(H,16,19). The topological polar surface area (TPSA) is 46.5 Å². The highest BCUT2D eigenvalue weighted by molar-refractivity contribution is 5.82. The van der Waals surface area contributed by atoms with Gasteiger partial charge in [-0.15, -0.1) is 0 Å². The van der Waals surface area contributed by atoms with Gasteiger partial charge in [0.15, 0.2) is 0 Å². The van der Waals surface area contributed by atoms with Gasteiger partial charge in [0.2, 0.25) is 0 Å². The second-order valence-electron chi connectivity index (χ2n) is 4.95. The molecule has 0 bridgehead atoms. The zero-order valence-corrected chi connectivity index (χ0v) is 11.9. The fourth-order valence-corrected chi connectivity index (χ4v) is 1.97. The van der Waals surface area contributed by atoms with E-state index in [0.29, 0.717) is 6.61 Å². The highest BCUT2D eigenvalue weighted by Gasteiger charge is 2.06. The molecule has 1 amide bonds. The molecule has 0 spiro atoms. The molecule has 0 saturated heterocycles. The quantitative estimate of drug-likeness (QED) is 0.614. The van der Waals surface area contributed by atoms with Gasteiger partial charge >= 0.3 is 0 Å². The van der Waals surface area contributed by atoms with E-state index in [9.17, 15) is 4.79 Å². The minimum atomic E-state index is -0.162. The van der Waals surface area contributed by atoms with E-state index in [4.69, 9.17) is 4.84 Å². The van der Waals surface area contributed by atoms with E-state index in [1.54, 1.807) is 6.20 Å². The normalized spacial score (nSPS) is 11.2. The number of hydroxylamine groups is 1. The van der Waals surface area contributed by atoms with Crippen LogP contribution < -0.4 is 5.48 Å². The van der Waals surface area contributed by atoms with Crippen LogP contribution in [0.25, 0.3) is 10.9 Å². The SMILES string of the molecule is CN(C)CCCONC(=O)Cn1c[c]c2ccccc21. The second kappa shape index (κ2) is 7.07. The van der Waals surface area contributed by atoms with Gasteiger partial charge < -0.3 is 9.47 Å². The van der Waals surface area contributed by atoms with Gasteiger partial charge in [-0.25, -0.2) is 5.48 Å². The first-order chi connectivity index (χ1) is 9.66. The van der Waals surface area contributed by atoms with Gasteiger partial charge in [-0.05, 0) is 33.1 Å². The number of carbonyl (C=O) groups excluding carboxylic acids is 1. The van der Waals surface area contributed by atoms with Crippen LogP contribution in [-0.2, 0) is 16.2 Å². The largest absolute Gasteiger partial charge is 0.337 e. The van der Waals surface area contributed by atoms with E-state index in [1.165, 1.54) is 0 Å². The van der Waals surface area contributed by atoms with Gasteiger partial charge in [0.05, 0.1) is 6.61 Å². The van der Waals surface area contributed by atoms with E-state index in [1.807, 2.05) is 42.9 Å². The number of aromatic nitrogens is 1. The summed E-state index contributed by atoms with van der Waals surface area (Å²) in [5.74, 6) is -0.162. The van der Waals surface area contributed by atoms with Crippen LogP contribution in [0.1, 0.15) is 6.42 Å². The van der Waals surface area contributed by atoms with Crippen molar-refractivity contribution in [1.82, 2.24) is 14.9 Å². The summed E-state index contributed by atoms with van der Waals surface area (Å²) in [7, 11) is 4.01.